The van der Waals surface area contributed by atoms with Gasteiger partial charge in [-0.15, -0.1) is 0 Å². The van der Waals surface area contributed by atoms with Crippen molar-refractivity contribution in [2.75, 3.05) is 26.9 Å². The van der Waals surface area contributed by atoms with Crippen LogP contribution in [0.3, 0.4) is 0 Å². The molecule has 0 amide bonds. The van der Waals surface area contributed by atoms with Gasteiger partial charge in [0.1, 0.15) is 104 Å². The van der Waals surface area contributed by atoms with Gasteiger partial charge in [-0.2, -0.15) is 16.8 Å². The lowest BCUT2D eigenvalue weighted by Gasteiger charge is -2.64. The Labute approximate surface area is 497 Å². The fourth-order valence-corrected chi connectivity index (χ4v) is 17.3. The zero-order valence-corrected chi connectivity index (χ0v) is 50.4. The van der Waals surface area contributed by atoms with Crippen LogP contribution in [0.4, 0.5) is 0 Å². The molecule has 4 aliphatic carbocycles. The van der Waals surface area contributed by atoms with Gasteiger partial charge in [-0.3, -0.25) is 13.9 Å². The summed E-state index contributed by atoms with van der Waals surface area (Å²) in [5.74, 6) is -0.170. The van der Waals surface area contributed by atoms with Crippen LogP contribution in [0, 0.1) is 39.4 Å². The van der Waals surface area contributed by atoms with Crippen molar-refractivity contribution in [1.82, 2.24) is 0 Å². The van der Waals surface area contributed by atoms with Crippen LogP contribution in [-0.2, 0) is 90.8 Å². The molecule has 492 valence electrons. The number of fused-ring (bicyclic) bond motifs is 5. The quantitative estimate of drug-likeness (QED) is 0.0418. The third-order valence-corrected chi connectivity index (χ3v) is 21.7. The molecule has 0 aromatic heterocycles. The molecule has 3 saturated carbocycles. The number of aliphatic hydroxyl groups is 9. The number of esters is 1. The topological polar surface area (TPSA) is 437 Å². The molecule has 0 aromatic rings. The SMILES string of the molecule is C=C(C)C1C2CC3(C)C4=CCC5C(C)(C)C(OC6OCC(OS(=O)(=O)O)C(O)C6OC6OC(C)C(OC7OC(COS(=O)(=O)O)C(O)C(OC8OCC(O)C(OC)C8O)C7O)C(O)C6OC6OC(C)C(O)C(O)C6O)CCC5(C)C4CCC13C(=O)O2. The minimum Gasteiger partial charge on any atom is -0.461 e. The second-order valence-electron chi connectivity index (χ2n) is 26.0. The third-order valence-electron chi connectivity index (χ3n) is 20.7. The molecule has 31 atom stereocenters. The van der Waals surface area contributed by atoms with Crippen LogP contribution in [-0.4, -0.2) is 258 Å². The molecule has 6 aliphatic heterocycles. The molecular weight excluding hydrogens is 1190 g/mol. The Morgan fingerprint density at radius 3 is 1.94 bits per heavy atom. The maximum atomic E-state index is 13.9. The monoisotopic (exact) mass is 1280 g/mol. The summed E-state index contributed by atoms with van der Waals surface area (Å²) in [4.78, 5) is 13.9. The highest BCUT2D eigenvalue weighted by Gasteiger charge is 2.76. The van der Waals surface area contributed by atoms with E-state index in [0.29, 0.717) is 32.1 Å². The standard InChI is InChI=1S/C54H84O30S2/c1-20(2)31-26-16-53(8)24-10-11-29-51(5,6)30(13-14-52(29,7)23(24)12-15-54(31,53)50(64)78-26)79-48-43(34(58)28(18-73-48)84-86(68,69)70)83-49-44(82-46-36(60)35(59)32(56)21(3)75-46)37(61)40(22(4)76-49)80-47-39(63)42(33(57)27(77-47)19-74-85(65,66)67)81-45-38(62)41(71-9)25(55)17-72-45/h10,21-23,25-49,55-63H,1,11-19H2,2-9H3,(H,65,66,67)(H,68,69,70). The summed E-state index contributed by atoms with van der Waals surface area (Å²) in [6.45, 7) is 15.2. The first-order valence-corrected chi connectivity index (χ1v) is 31.8. The van der Waals surface area contributed by atoms with Gasteiger partial charge in [0.2, 0.25) is 0 Å². The van der Waals surface area contributed by atoms with Crippen molar-refractivity contribution < 1.29 is 142 Å². The van der Waals surface area contributed by atoms with Crippen molar-refractivity contribution in [1.29, 1.82) is 0 Å². The largest absolute Gasteiger partial charge is 0.461 e. The molecule has 0 radical (unpaired) electrons. The molecule has 32 heteroatoms. The molecule has 10 aliphatic rings. The molecule has 10 rings (SSSR count). The summed E-state index contributed by atoms with van der Waals surface area (Å²) in [5, 5.41) is 102. The van der Waals surface area contributed by atoms with E-state index >= 15 is 0 Å². The van der Waals surface area contributed by atoms with Gasteiger partial charge in [-0.1, -0.05) is 51.5 Å². The fraction of sp³-hybridized carbons (Fsp3) is 0.907. The maximum absolute atomic E-state index is 13.9. The summed E-state index contributed by atoms with van der Waals surface area (Å²) in [6, 6.07) is 0. The van der Waals surface area contributed by atoms with Crippen LogP contribution in [0.2, 0.25) is 0 Å². The van der Waals surface area contributed by atoms with Gasteiger partial charge in [0, 0.05) is 18.4 Å². The number of carbonyl (C=O) groups excluding carboxylic acids is 1. The van der Waals surface area contributed by atoms with E-state index in [1.807, 2.05) is 6.92 Å². The minimum absolute atomic E-state index is 0.0248. The first-order valence-electron chi connectivity index (χ1n) is 29.0. The fourth-order valence-electron chi connectivity index (χ4n) is 16.5. The van der Waals surface area contributed by atoms with Crippen molar-refractivity contribution in [3.8, 4) is 0 Å². The molecular formula is C54H84O30S2. The first kappa shape index (κ1) is 66.8. The van der Waals surface area contributed by atoms with Gasteiger partial charge in [0.05, 0.1) is 43.5 Å². The average molecular weight is 1280 g/mol. The van der Waals surface area contributed by atoms with Crippen molar-refractivity contribution in [3.05, 3.63) is 23.8 Å². The summed E-state index contributed by atoms with van der Waals surface area (Å²) in [7, 11) is -9.31. The molecule has 30 nitrogen and oxygen atoms in total. The highest BCUT2D eigenvalue weighted by molar-refractivity contribution is 7.81. The van der Waals surface area contributed by atoms with E-state index in [0.717, 1.165) is 12.0 Å². The Morgan fingerprint density at radius 1 is 0.663 bits per heavy atom. The Balaban J connectivity index is 0.931. The number of allylic oxidation sites excluding steroid dienone is 2. The summed E-state index contributed by atoms with van der Waals surface area (Å²) in [6.07, 6.45) is -36.6. The number of ether oxygens (including phenoxy) is 12. The van der Waals surface area contributed by atoms with Crippen LogP contribution in [0.25, 0.3) is 0 Å². The zero-order chi connectivity index (χ0) is 62.9. The second kappa shape index (κ2) is 24.4. The van der Waals surface area contributed by atoms with E-state index in [-0.39, 0.29) is 35.2 Å². The number of hydrogen-bond acceptors (Lipinski definition) is 28. The van der Waals surface area contributed by atoms with Gasteiger partial charge in [-0.25, -0.2) is 8.37 Å². The van der Waals surface area contributed by atoms with E-state index in [9.17, 15) is 76.7 Å². The zero-order valence-electron chi connectivity index (χ0n) is 48.8. The molecule has 86 heavy (non-hydrogen) atoms. The van der Waals surface area contributed by atoms with Crippen molar-refractivity contribution in [2.24, 2.45) is 39.4 Å². The first-order chi connectivity index (χ1) is 40.1. The van der Waals surface area contributed by atoms with Gasteiger partial charge >= 0.3 is 26.8 Å². The minimum atomic E-state index is -5.28. The average Bonchev–Trinajstić information content (AvgIpc) is 1.43. The molecule has 11 N–H and O–H groups in total. The van der Waals surface area contributed by atoms with E-state index in [1.165, 1.54) is 26.5 Å². The summed E-state index contributed by atoms with van der Waals surface area (Å²) < 4.78 is 149. The van der Waals surface area contributed by atoms with Crippen molar-refractivity contribution in [2.45, 2.75) is 241 Å². The van der Waals surface area contributed by atoms with E-state index < -0.39 is 204 Å². The van der Waals surface area contributed by atoms with Gasteiger partial charge < -0.3 is 103 Å². The Hall–Kier alpha value is -2.11. The van der Waals surface area contributed by atoms with Gasteiger partial charge in [-0.05, 0) is 82.0 Å². The lowest BCUT2D eigenvalue weighted by Crippen LogP contribution is -2.68. The van der Waals surface area contributed by atoms with Crippen LogP contribution < -0.4 is 0 Å². The molecule has 6 heterocycles. The Morgan fingerprint density at radius 2 is 1.28 bits per heavy atom. The number of methoxy groups -OCH3 is 1. The van der Waals surface area contributed by atoms with Gasteiger partial charge in [0.25, 0.3) is 0 Å². The molecule has 31 unspecified atom stereocenters. The second-order valence-corrected chi connectivity index (χ2v) is 28.2. The molecule has 9 fully saturated rings. The van der Waals surface area contributed by atoms with Crippen LogP contribution in [0.1, 0.15) is 87.0 Å². The maximum Gasteiger partial charge on any atom is 0.397 e. The van der Waals surface area contributed by atoms with Crippen LogP contribution in [0.15, 0.2) is 23.8 Å². The summed E-state index contributed by atoms with van der Waals surface area (Å²) >= 11 is 0. The Bertz CT molecular complexity index is 2740. The highest BCUT2D eigenvalue weighted by atomic mass is 32.3. The van der Waals surface area contributed by atoms with E-state index in [4.69, 9.17) is 61.0 Å². The highest BCUT2D eigenvalue weighted by Crippen LogP contribution is 2.76. The molecule has 6 saturated heterocycles. The van der Waals surface area contributed by atoms with Crippen LogP contribution in [0.5, 0.6) is 0 Å². The molecule has 1 spiro atoms. The normalized spacial score (nSPS) is 51.2. The van der Waals surface area contributed by atoms with E-state index in [2.05, 4.69) is 44.5 Å². The number of rotatable bonds is 17. The van der Waals surface area contributed by atoms with Gasteiger partial charge in [0.15, 0.2) is 31.5 Å². The summed E-state index contributed by atoms with van der Waals surface area (Å²) in [5.41, 5.74) is 0.0889. The molecule has 0 aromatic carbocycles. The lowest BCUT2D eigenvalue weighted by atomic mass is 9.40. The molecule has 2 bridgehead atoms. The predicted molar refractivity (Wildman–Crippen MR) is 283 cm³/mol. The van der Waals surface area contributed by atoms with Crippen LogP contribution >= 0.6 is 0 Å². The smallest absolute Gasteiger partial charge is 0.397 e. The number of aliphatic hydroxyl groups excluding tert-OH is 9. The number of hydrogen-bond donors (Lipinski definition) is 11. The predicted octanol–water partition coefficient (Wildman–Crippen LogP) is -2.19. The third kappa shape index (κ3) is 11.7. The van der Waals surface area contributed by atoms with E-state index in [1.54, 1.807) is 0 Å². The van der Waals surface area contributed by atoms with Crippen molar-refractivity contribution in [3.63, 3.8) is 0 Å². The number of carbonyl (C=O) groups is 1. The van der Waals surface area contributed by atoms with Crippen molar-refractivity contribution >= 4 is 26.8 Å². The lowest BCUT2D eigenvalue weighted by molar-refractivity contribution is -0.404. The Kier molecular flexibility index (Phi) is 19.0.